The fourth-order valence-electron chi connectivity index (χ4n) is 9.73. The Balaban J connectivity index is 0.886. The van der Waals surface area contributed by atoms with Crippen molar-refractivity contribution < 1.29 is 4.42 Å². The van der Waals surface area contributed by atoms with Crippen LogP contribution in [0.1, 0.15) is 0 Å². The van der Waals surface area contributed by atoms with Crippen LogP contribution in [0, 0.1) is 0 Å². The van der Waals surface area contributed by atoms with E-state index in [9.17, 15) is 0 Å². The van der Waals surface area contributed by atoms with Crippen molar-refractivity contribution in [2.75, 3.05) is 0 Å². The molecule has 0 radical (unpaired) electrons. The Labute approximate surface area is 380 Å². The summed E-state index contributed by atoms with van der Waals surface area (Å²) in [5, 5.41) is 6.96. The Bertz CT molecular complexity index is 3850. The van der Waals surface area contributed by atoms with Crippen LogP contribution in [0.3, 0.4) is 0 Å². The van der Waals surface area contributed by atoms with Gasteiger partial charge in [0.1, 0.15) is 11.2 Å². The highest BCUT2D eigenvalue weighted by Gasteiger charge is 2.19. The number of nitrogens with zero attached hydrogens (tertiary/aromatic N) is 4. The maximum absolute atomic E-state index is 6.79. The van der Waals surface area contributed by atoms with Crippen molar-refractivity contribution in [2.24, 2.45) is 0 Å². The van der Waals surface area contributed by atoms with Crippen LogP contribution < -0.4 is 0 Å². The van der Waals surface area contributed by atoms with E-state index in [4.69, 9.17) is 19.4 Å². The number of furan rings is 1. The Morgan fingerprint density at radius 3 is 1.42 bits per heavy atom. The number of benzene rings is 10. The third-order valence-corrected chi connectivity index (χ3v) is 12.9. The van der Waals surface area contributed by atoms with Crippen LogP contribution in [0.2, 0.25) is 0 Å². The number of hydrogen-bond acceptors (Lipinski definition) is 4. The van der Waals surface area contributed by atoms with Gasteiger partial charge in [0, 0.05) is 49.3 Å². The van der Waals surface area contributed by atoms with Gasteiger partial charge in [0.2, 0.25) is 0 Å². The Morgan fingerprint density at radius 1 is 0.303 bits per heavy atom. The molecule has 0 fully saturated rings. The van der Waals surface area contributed by atoms with E-state index in [0.717, 1.165) is 82.9 Å². The zero-order valence-corrected chi connectivity index (χ0v) is 35.6. The maximum Gasteiger partial charge on any atom is 0.164 e. The molecule has 0 bridgehead atoms. The molecule has 0 amide bonds. The lowest BCUT2D eigenvalue weighted by atomic mass is 9.92. The minimum absolute atomic E-state index is 0.632. The quantitative estimate of drug-likeness (QED) is 0.160. The van der Waals surface area contributed by atoms with E-state index in [1.807, 2.05) is 60.7 Å². The predicted octanol–water partition coefficient (Wildman–Crippen LogP) is 16.0. The van der Waals surface area contributed by atoms with Crippen molar-refractivity contribution in [3.63, 3.8) is 0 Å². The molecular weight excluding hydrogens is 805 g/mol. The molecule has 0 unspecified atom stereocenters. The second-order valence-electron chi connectivity index (χ2n) is 16.7. The van der Waals surface area contributed by atoms with Gasteiger partial charge in [-0.1, -0.05) is 188 Å². The van der Waals surface area contributed by atoms with Crippen LogP contribution in [0.25, 0.3) is 128 Å². The predicted molar refractivity (Wildman–Crippen MR) is 272 cm³/mol. The zero-order chi connectivity index (χ0) is 43.6. The average molecular weight is 843 g/mol. The van der Waals surface area contributed by atoms with E-state index < -0.39 is 0 Å². The van der Waals surface area contributed by atoms with Gasteiger partial charge in [-0.3, -0.25) is 0 Å². The molecule has 13 aromatic rings. The molecule has 5 nitrogen and oxygen atoms in total. The molecule has 0 aliphatic carbocycles. The van der Waals surface area contributed by atoms with Crippen molar-refractivity contribution in [1.82, 2.24) is 19.5 Å². The second kappa shape index (κ2) is 15.4. The summed E-state index contributed by atoms with van der Waals surface area (Å²) in [6, 6.07) is 81.1. The molecule has 0 aliphatic heterocycles. The molecule has 0 aliphatic rings. The van der Waals surface area contributed by atoms with Gasteiger partial charge in [0.15, 0.2) is 17.5 Å². The molecule has 5 heteroatoms. The number of fused-ring (bicyclic) bond motifs is 8. The first-order valence-electron chi connectivity index (χ1n) is 22.3. The number of para-hydroxylation sites is 2. The summed E-state index contributed by atoms with van der Waals surface area (Å²) in [6.45, 7) is 0. The average Bonchev–Trinajstić information content (AvgIpc) is 3.95. The van der Waals surface area contributed by atoms with Crippen LogP contribution in [0.5, 0.6) is 0 Å². The molecule has 0 N–H and O–H groups in total. The summed E-state index contributed by atoms with van der Waals surface area (Å²) >= 11 is 0. The van der Waals surface area contributed by atoms with Crippen LogP contribution in [0.4, 0.5) is 0 Å². The van der Waals surface area contributed by atoms with E-state index in [-0.39, 0.29) is 0 Å². The first-order valence-corrected chi connectivity index (χ1v) is 22.3. The first-order chi connectivity index (χ1) is 32.7. The van der Waals surface area contributed by atoms with Crippen LogP contribution >= 0.6 is 0 Å². The lowest BCUT2D eigenvalue weighted by Gasteiger charge is -2.12. The summed E-state index contributed by atoms with van der Waals surface area (Å²) in [6.07, 6.45) is 0. The SMILES string of the molecule is c1ccc(-c2nc(-c3ccccc3)nc(-c3ccc(-c4cccc(-c5cccc6oc7c8ccccc8c(-c8ccc(-n9c%10ccccc%10c%10ccccc%109)cc8)cc7c56)c4)cc3)n2)cc1. The van der Waals surface area contributed by atoms with Gasteiger partial charge < -0.3 is 8.98 Å². The third-order valence-electron chi connectivity index (χ3n) is 12.9. The standard InChI is InChI=1S/C61H38N4O/c1-3-15-41(16-4-1)59-62-60(42-17-5-2-6-18-42)64-61(63-59)43-31-29-39(30-32-43)44-19-13-20-45(37-44)47-25-14-28-56-57(47)53-38-52(48-21-7-8-24-51(48)58(53)66-56)40-33-35-46(36-34-40)65-54-26-11-9-22-49(54)50-23-10-12-27-55(50)65/h1-38H. The Morgan fingerprint density at radius 2 is 0.788 bits per heavy atom. The molecule has 3 aromatic heterocycles. The minimum Gasteiger partial charge on any atom is -0.455 e. The van der Waals surface area contributed by atoms with Gasteiger partial charge >= 0.3 is 0 Å². The topological polar surface area (TPSA) is 56.7 Å². The normalized spacial score (nSPS) is 11.6. The fraction of sp³-hybridized carbons (Fsp3) is 0. The number of rotatable bonds is 7. The molecule has 0 saturated carbocycles. The van der Waals surface area contributed by atoms with Crippen LogP contribution in [0.15, 0.2) is 235 Å². The Kier molecular flexibility index (Phi) is 8.78. The van der Waals surface area contributed by atoms with E-state index >= 15 is 0 Å². The van der Waals surface area contributed by atoms with Gasteiger partial charge in [0.25, 0.3) is 0 Å². The van der Waals surface area contributed by atoms with E-state index in [2.05, 4.69) is 174 Å². The summed E-state index contributed by atoms with van der Waals surface area (Å²) in [7, 11) is 0. The van der Waals surface area contributed by atoms with E-state index in [0.29, 0.717) is 17.5 Å². The number of aromatic nitrogens is 4. The van der Waals surface area contributed by atoms with Gasteiger partial charge in [-0.2, -0.15) is 0 Å². The van der Waals surface area contributed by atoms with Crippen molar-refractivity contribution in [3.05, 3.63) is 231 Å². The molecule has 3 heterocycles. The summed E-state index contributed by atoms with van der Waals surface area (Å²) < 4.78 is 9.16. The van der Waals surface area contributed by atoms with Crippen molar-refractivity contribution >= 4 is 54.5 Å². The smallest absolute Gasteiger partial charge is 0.164 e. The Hall–Kier alpha value is -8.93. The fourth-order valence-corrected chi connectivity index (χ4v) is 9.73. The zero-order valence-electron chi connectivity index (χ0n) is 35.6. The van der Waals surface area contributed by atoms with Crippen molar-refractivity contribution in [2.45, 2.75) is 0 Å². The first kappa shape index (κ1) is 37.6. The molecule has 0 saturated heterocycles. The van der Waals surface area contributed by atoms with Crippen molar-refractivity contribution in [3.8, 4) is 73.2 Å². The minimum atomic E-state index is 0.632. The van der Waals surface area contributed by atoms with Crippen LogP contribution in [-0.2, 0) is 0 Å². The van der Waals surface area contributed by atoms with Crippen molar-refractivity contribution in [1.29, 1.82) is 0 Å². The lowest BCUT2D eigenvalue weighted by Crippen LogP contribution is -2.00. The van der Waals surface area contributed by atoms with E-state index in [1.165, 1.54) is 27.4 Å². The largest absolute Gasteiger partial charge is 0.455 e. The highest BCUT2D eigenvalue weighted by atomic mass is 16.3. The molecule has 308 valence electrons. The molecular formula is C61H38N4O. The van der Waals surface area contributed by atoms with E-state index in [1.54, 1.807) is 0 Å². The van der Waals surface area contributed by atoms with Gasteiger partial charge in [-0.05, 0) is 81.2 Å². The lowest BCUT2D eigenvalue weighted by molar-refractivity contribution is 0.673. The molecule has 0 spiro atoms. The highest BCUT2D eigenvalue weighted by Crippen LogP contribution is 2.44. The summed E-state index contributed by atoms with van der Waals surface area (Å²) in [5.74, 6) is 1.92. The van der Waals surface area contributed by atoms with Gasteiger partial charge in [-0.25, -0.2) is 15.0 Å². The monoisotopic (exact) mass is 842 g/mol. The third kappa shape index (κ3) is 6.28. The highest BCUT2D eigenvalue weighted by molar-refractivity contribution is 6.22. The van der Waals surface area contributed by atoms with Crippen LogP contribution in [-0.4, -0.2) is 19.5 Å². The second-order valence-corrected chi connectivity index (χ2v) is 16.7. The summed E-state index contributed by atoms with van der Waals surface area (Å²) in [4.78, 5) is 14.8. The summed E-state index contributed by atoms with van der Waals surface area (Å²) in [5.41, 5.74) is 14.9. The maximum atomic E-state index is 6.79. The number of hydrogen-bond donors (Lipinski definition) is 0. The molecule has 66 heavy (non-hydrogen) atoms. The molecule has 13 rings (SSSR count). The van der Waals surface area contributed by atoms with Gasteiger partial charge in [0.05, 0.1) is 11.0 Å². The van der Waals surface area contributed by atoms with Gasteiger partial charge in [-0.15, -0.1) is 0 Å². The molecule has 10 aromatic carbocycles. The molecule has 0 atom stereocenters.